The van der Waals surface area contributed by atoms with Gasteiger partial charge in [0.1, 0.15) is 18.5 Å². The topological polar surface area (TPSA) is 50.7 Å². The predicted octanol–water partition coefficient (Wildman–Crippen LogP) is 1.35. The van der Waals surface area contributed by atoms with Crippen LogP contribution in [0, 0.1) is 0 Å². The Hall–Kier alpha value is -1.10. The second-order valence-electron chi connectivity index (χ2n) is 4.00. The summed E-state index contributed by atoms with van der Waals surface area (Å²) in [6, 6.07) is 8.12. The standard InChI is InChI=1S/C13H21NO3/c1-10(14-2)11-5-4-6-13(7-11)17-9-12(15)8-16-3/h4-7,10,12,14-15H,8-9H2,1-3H3. The van der Waals surface area contributed by atoms with Gasteiger partial charge < -0.3 is 19.9 Å². The number of hydrogen-bond donors (Lipinski definition) is 2. The van der Waals surface area contributed by atoms with Gasteiger partial charge in [-0.15, -0.1) is 0 Å². The molecule has 0 aromatic heterocycles. The summed E-state index contributed by atoms with van der Waals surface area (Å²) in [4.78, 5) is 0. The molecule has 0 fully saturated rings. The van der Waals surface area contributed by atoms with E-state index < -0.39 is 6.10 Å². The van der Waals surface area contributed by atoms with Crippen molar-refractivity contribution in [2.45, 2.75) is 19.1 Å². The first kappa shape index (κ1) is 14.0. The summed E-state index contributed by atoms with van der Waals surface area (Å²) < 4.78 is 10.3. The molecule has 4 nitrogen and oxygen atoms in total. The molecule has 1 aromatic rings. The summed E-state index contributed by atoms with van der Waals surface area (Å²) in [5.41, 5.74) is 1.16. The molecule has 0 aliphatic carbocycles. The van der Waals surface area contributed by atoms with E-state index >= 15 is 0 Å². The Balaban J connectivity index is 2.54. The summed E-state index contributed by atoms with van der Waals surface area (Å²) in [5, 5.41) is 12.6. The molecule has 1 aromatic carbocycles. The van der Waals surface area contributed by atoms with Crippen molar-refractivity contribution in [3.05, 3.63) is 29.8 Å². The molecule has 2 atom stereocenters. The summed E-state index contributed by atoms with van der Waals surface area (Å²) in [7, 11) is 3.47. The average Bonchev–Trinajstić information content (AvgIpc) is 2.36. The lowest BCUT2D eigenvalue weighted by atomic mass is 10.1. The molecule has 0 radical (unpaired) electrons. The molecule has 0 aliphatic rings. The fourth-order valence-electron chi connectivity index (χ4n) is 1.47. The molecule has 4 heteroatoms. The SMILES string of the molecule is CNC(C)c1cccc(OCC(O)COC)c1. The van der Waals surface area contributed by atoms with E-state index in [1.165, 1.54) is 0 Å². The minimum absolute atomic E-state index is 0.241. The molecule has 0 spiro atoms. The molecular weight excluding hydrogens is 218 g/mol. The highest BCUT2D eigenvalue weighted by molar-refractivity contribution is 5.30. The zero-order valence-corrected chi connectivity index (χ0v) is 10.6. The summed E-state index contributed by atoms with van der Waals surface area (Å²) in [6.07, 6.45) is -0.592. The maximum atomic E-state index is 9.47. The van der Waals surface area contributed by atoms with Crippen LogP contribution in [0.5, 0.6) is 5.75 Å². The van der Waals surface area contributed by atoms with Gasteiger partial charge in [0, 0.05) is 13.2 Å². The first-order chi connectivity index (χ1) is 8.17. The van der Waals surface area contributed by atoms with Gasteiger partial charge >= 0.3 is 0 Å². The van der Waals surface area contributed by atoms with E-state index in [1.807, 2.05) is 31.3 Å². The van der Waals surface area contributed by atoms with Crippen LogP contribution in [-0.4, -0.2) is 38.6 Å². The largest absolute Gasteiger partial charge is 0.491 e. The third-order valence-corrected chi connectivity index (χ3v) is 2.59. The van der Waals surface area contributed by atoms with Crippen LogP contribution in [0.15, 0.2) is 24.3 Å². The third kappa shape index (κ3) is 4.73. The van der Waals surface area contributed by atoms with Gasteiger partial charge in [0.2, 0.25) is 0 Å². The molecule has 0 saturated heterocycles. The van der Waals surface area contributed by atoms with Crippen molar-refractivity contribution in [1.82, 2.24) is 5.32 Å². The van der Waals surface area contributed by atoms with Crippen molar-refractivity contribution in [3.8, 4) is 5.75 Å². The number of aliphatic hydroxyl groups is 1. The van der Waals surface area contributed by atoms with Gasteiger partial charge in [-0.3, -0.25) is 0 Å². The number of ether oxygens (including phenoxy) is 2. The normalized spacial score (nSPS) is 14.4. The van der Waals surface area contributed by atoms with Crippen molar-refractivity contribution in [2.24, 2.45) is 0 Å². The summed E-state index contributed by atoms with van der Waals surface area (Å²) >= 11 is 0. The van der Waals surface area contributed by atoms with Crippen LogP contribution in [0.25, 0.3) is 0 Å². The third-order valence-electron chi connectivity index (χ3n) is 2.59. The fourth-order valence-corrected chi connectivity index (χ4v) is 1.47. The van der Waals surface area contributed by atoms with Crippen LogP contribution in [0.2, 0.25) is 0 Å². The van der Waals surface area contributed by atoms with E-state index in [9.17, 15) is 5.11 Å². The smallest absolute Gasteiger partial charge is 0.119 e. The van der Waals surface area contributed by atoms with E-state index in [0.29, 0.717) is 0 Å². The van der Waals surface area contributed by atoms with Crippen molar-refractivity contribution < 1.29 is 14.6 Å². The number of rotatable bonds is 7. The molecule has 0 bridgehead atoms. The Kier molecular flexibility index (Phi) is 5.97. The van der Waals surface area contributed by atoms with E-state index in [-0.39, 0.29) is 19.3 Å². The van der Waals surface area contributed by atoms with Crippen LogP contribution in [0.1, 0.15) is 18.5 Å². The Labute approximate surface area is 103 Å². The monoisotopic (exact) mass is 239 g/mol. The summed E-state index contributed by atoms with van der Waals surface area (Å²) in [6.45, 7) is 2.61. The quantitative estimate of drug-likeness (QED) is 0.754. The second kappa shape index (κ2) is 7.27. The lowest BCUT2D eigenvalue weighted by Gasteiger charge is -2.14. The Morgan fingerprint density at radius 1 is 1.35 bits per heavy atom. The fraction of sp³-hybridized carbons (Fsp3) is 0.538. The summed E-state index contributed by atoms with van der Waals surface area (Å²) in [5.74, 6) is 0.764. The van der Waals surface area contributed by atoms with Crippen LogP contribution >= 0.6 is 0 Å². The average molecular weight is 239 g/mol. The molecule has 2 N–H and O–H groups in total. The van der Waals surface area contributed by atoms with Crippen LogP contribution in [0.4, 0.5) is 0 Å². The second-order valence-corrected chi connectivity index (χ2v) is 4.00. The zero-order chi connectivity index (χ0) is 12.7. The molecule has 2 unspecified atom stereocenters. The van der Waals surface area contributed by atoms with Gasteiger partial charge in [-0.25, -0.2) is 0 Å². The maximum absolute atomic E-state index is 9.47. The zero-order valence-electron chi connectivity index (χ0n) is 10.6. The van der Waals surface area contributed by atoms with E-state index in [1.54, 1.807) is 7.11 Å². The van der Waals surface area contributed by atoms with Crippen LogP contribution < -0.4 is 10.1 Å². The van der Waals surface area contributed by atoms with Crippen LogP contribution in [-0.2, 0) is 4.74 Å². The van der Waals surface area contributed by atoms with Gasteiger partial charge in [-0.2, -0.15) is 0 Å². The van der Waals surface area contributed by atoms with Gasteiger partial charge in [-0.05, 0) is 31.7 Å². The Morgan fingerprint density at radius 3 is 2.76 bits per heavy atom. The van der Waals surface area contributed by atoms with Gasteiger partial charge in [0.05, 0.1) is 6.61 Å². The van der Waals surface area contributed by atoms with E-state index in [4.69, 9.17) is 9.47 Å². The first-order valence-corrected chi connectivity index (χ1v) is 5.74. The minimum Gasteiger partial charge on any atom is -0.491 e. The lowest BCUT2D eigenvalue weighted by molar-refractivity contribution is 0.0325. The molecule has 0 amide bonds. The highest BCUT2D eigenvalue weighted by Gasteiger charge is 2.06. The molecule has 0 saturated carbocycles. The maximum Gasteiger partial charge on any atom is 0.119 e. The number of nitrogens with one attached hydrogen (secondary N) is 1. The first-order valence-electron chi connectivity index (χ1n) is 5.74. The predicted molar refractivity (Wildman–Crippen MR) is 67.3 cm³/mol. The Bertz CT molecular complexity index is 330. The molecule has 96 valence electrons. The molecular formula is C13H21NO3. The minimum atomic E-state index is -0.592. The van der Waals surface area contributed by atoms with Crippen molar-refractivity contribution in [1.29, 1.82) is 0 Å². The van der Waals surface area contributed by atoms with Gasteiger partial charge in [0.15, 0.2) is 0 Å². The number of hydrogen-bond acceptors (Lipinski definition) is 4. The Morgan fingerprint density at radius 2 is 2.12 bits per heavy atom. The van der Waals surface area contributed by atoms with E-state index in [2.05, 4.69) is 12.2 Å². The van der Waals surface area contributed by atoms with Crippen molar-refractivity contribution >= 4 is 0 Å². The van der Waals surface area contributed by atoms with Crippen molar-refractivity contribution in [2.75, 3.05) is 27.4 Å². The van der Waals surface area contributed by atoms with Crippen molar-refractivity contribution in [3.63, 3.8) is 0 Å². The molecule has 0 aliphatic heterocycles. The molecule has 1 rings (SSSR count). The highest BCUT2D eigenvalue weighted by atomic mass is 16.5. The lowest BCUT2D eigenvalue weighted by Crippen LogP contribution is -2.22. The van der Waals surface area contributed by atoms with Gasteiger partial charge in [-0.1, -0.05) is 12.1 Å². The highest BCUT2D eigenvalue weighted by Crippen LogP contribution is 2.18. The van der Waals surface area contributed by atoms with Crippen LogP contribution in [0.3, 0.4) is 0 Å². The number of benzene rings is 1. The number of aliphatic hydroxyl groups excluding tert-OH is 1. The van der Waals surface area contributed by atoms with Gasteiger partial charge in [0.25, 0.3) is 0 Å². The molecule has 0 heterocycles. The number of methoxy groups -OCH3 is 1. The van der Waals surface area contributed by atoms with E-state index in [0.717, 1.165) is 11.3 Å². The molecule has 17 heavy (non-hydrogen) atoms.